The maximum atomic E-state index is 13.0. The van der Waals surface area contributed by atoms with Gasteiger partial charge in [-0.05, 0) is 49.4 Å². The van der Waals surface area contributed by atoms with Crippen LogP contribution < -0.4 is 0 Å². The second-order valence-electron chi connectivity index (χ2n) is 27.6. The van der Waals surface area contributed by atoms with Crippen LogP contribution >= 0.6 is 15.6 Å². The van der Waals surface area contributed by atoms with Gasteiger partial charge in [0.25, 0.3) is 0 Å². The highest BCUT2D eigenvalue weighted by Gasteiger charge is 2.30. The minimum Gasteiger partial charge on any atom is -0.462 e. The van der Waals surface area contributed by atoms with E-state index in [1.54, 1.807) is 0 Å². The van der Waals surface area contributed by atoms with E-state index in [4.69, 9.17) is 37.0 Å². The summed E-state index contributed by atoms with van der Waals surface area (Å²) in [5, 5.41) is 10.6. The number of rotatable bonds is 69. The number of phosphoric ester groups is 2. The lowest BCUT2D eigenvalue weighted by Crippen LogP contribution is -2.30. The van der Waals surface area contributed by atoms with E-state index in [1.165, 1.54) is 154 Å². The molecule has 0 aromatic rings. The van der Waals surface area contributed by atoms with E-state index in [-0.39, 0.29) is 25.7 Å². The SMILES string of the molecule is CCC(C)CCCCCCCCC(=O)O[C@H](COC(=O)CCCCCCCCC(C)C)COP(=O)(O)OC[C@H](O)COP(=O)(O)OC[C@@H](COC(=O)CCCCCCCCCCCCCCCCCC(C)C)OC(=O)CCCCCCCCCCCCCC(C)C. The molecule has 19 heteroatoms. The van der Waals surface area contributed by atoms with Crippen molar-refractivity contribution in [3.8, 4) is 0 Å². The molecule has 0 rings (SSSR count). The molecule has 540 valence electrons. The number of hydrogen-bond acceptors (Lipinski definition) is 15. The molecule has 0 bridgehead atoms. The van der Waals surface area contributed by atoms with Gasteiger partial charge in [0.1, 0.15) is 19.3 Å². The fraction of sp³-hybridized carbons (Fsp3) is 0.944. The van der Waals surface area contributed by atoms with Crippen molar-refractivity contribution in [3.05, 3.63) is 0 Å². The van der Waals surface area contributed by atoms with Gasteiger partial charge in [-0.1, -0.05) is 306 Å². The number of phosphoric acid groups is 2. The maximum absolute atomic E-state index is 13.0. The molecule has 3 N–H and O–H groups in total. The van der Waals surface area contributed by atoms with Crippen molar-refractivity contribution in [1.82, 2.24) is 0 Å². The van der Waals surface area contributed by atoms with Crippen LogP contribution in [0.1, 0.15) is 357 Å². The average molecular weight is 1340 g/mol. The Morgan fingerprint density at radius 2 is 0.527 bits per heavy atom. The molecule has 0 aromatic carbocycles. The Morgan fingerprint density at radius 1 is 0.308 bits per heavy atom. The van der Waals surface area contributed by atoms with Crippen LogP contribution in [0.25, 0.3) is 0 Å². The van der Waals surface area contributed by atoms with Crippen LogP contribution in [0.4, 0.5) is 0 Å². The highest BCUT2D eigenvalue weighted by atomic mass is 31.2. The number of aliphatic hydroxyl groups is 1. The summed E-state index contributed by atoms with van der Waals surface area (Å²) < 4.78 is 68.3. The quantitative estimate of drug-likeness (QED) is 0.0222. The summed E-state index contributed by atoms with van der Waals surface area (Å²) in [4.78, 5) is 72.6. The van der Waals surface area contributed by atoms with Crippen molar-refractivity contribution in [3.63, 3.8) is 0 Å². The molecule has 91 heavy (non-hydrogen) atoms. The zero-order valence-electron chi connectivity index (χ0n) is 59.5. The lowest BCUT2D eigenvalue weighted by atomic mass is 10.00. The second-order valence-corrected chi connectivity index (χ2v) is 30.6. The number of unbranched alkanes of at least 4 members (excludes halogenated alkanes) is 34. The average Bonchev–Trinajstić information content (AvgIpc) is 3.50. The van der Waals surface area contributed by atoms with E-state index in [2.05, 4.69) is 55.4 Å². The summed E-state index contributed by atoms with van der Waals surface area (Å²) in [6.07, 6.45) is 44.7. The molecule has 0 heterocycles. The number of carbonyl (C=O) groups excluding carboxylic acids is 4. The van der Waals surface area contributed by atoms with Gasteiger partial charge in [-0.25, -0.2) is 9.13 Å². The Labute approximate surface area is 556 Å². The van der Waals surface area contributed by atoms with E-state index >= 15 is 0 Å². The Kier molecular flexibility index (Phi) is 60.3. The van der Waals surface area contributed by atoms with Gasteiger partial charge in [-0.3, -0.25) is 37.3 Å². The van der Waals surface area contributed by atoms with Gasteiger partial charge in [0.05, 0.1) is 26.4 Å². The van der Waals surface area contributed by atoms with Crippen LogP contribution in [0, 0.1) is 23.7 Å². The molecule has 0 radical (unpaired) electrons. The highest BCUT2D eigenvalue weighted by Crippen LogP contribution is 2.45. The van der Waals surface area contributed by atoms with Gasteiger partial charge >= 0.3 is 39.5 Å². The number of aliphatic hydroxyl groups excluding tert-OH is 1. The van der Waals surface area contributed by atoms with E-state index < -0.39 is 97.5 Å². The van der Waals surface area contributed by atoms with Crippen molar-refractivity contribution in [2.45, 2.75) is 375 Å². The van der Waals surface area contributed by atoms with Gasteiger partial charge in [0.15, 0.2) is 12.2 Å². The normalized spacial score (nSPS) is 14.5. The first kappa shape index (κ1) is 89.1. The molecule has 3 unspecified atom stereocenters. The maximum Gasteiger partial charge on any atom is 0.472 e. The van der Waals surface area contributed by atoms with E-state index in [0.29, 0.717) is 31.6 Å². The predicted octanol–water partition coefficient (Wildman–Crippen LogP) is 20.5. The molecule has 0 aliphatic heterocycles. The molecule has 0 aliphatic carbocycles. The molecule has 0 aromatic heterocycles. The lowest BCUT2D eigenvalue weighted by Gasteiger charge is -2.21. The molecule has 0 aliphatic rings. The smallest absolute Gasteiger partial charge is 0.462 e. The Bertz CT molecular complexity index is 1800. The van der Waals surface area contributed by atoms with Crippen LogP contribution in [-0.4, -0.2) is 96.7 Å². The largest absolute Gasteiger partial charge is 0.472 e. The Hall–Kier alpha value is -1.94. The fourth-order valence-corrected chi connectivity index (χ4v) is 12.4. The molecular formula is C72H140O17P2. The van der Waals surface area contributed by atoms with Crippen LogP contribution in [0.3, 0.4) is 0 Å². The van der Waals surface area contributed by atoms with E-state index in [9.17, 15) is 43.2 Å². The van der Waals surface area contributed by atoms with Crippen molar-refractivity contribution >= 4 is 39.5 Å². The Morgan fingerprint density at radius 3 is 0.780 bits per heavy atom. The first-order valence-corrected chi connectivity index (χ1v) is 40.2. The van der Waals surface area contributed by atoms with Crippen LogP contribution in [-0.2, 0) is 65.4 Å². The van der Waals surface area contributed by atoms with E-state index in [1.807, 2.05) is 0 Å². The predicted molar refractivity (Wildman–Crippen MR) is 367 cm³/mol. The third-order valence-corrected chi connectivity index (χ3v) is 18.8. The van der Waals surface area contributed by atoms with Gasteiger partial charge in [-0.15, -0.1) is 0 Å². The van der Waals surface area contributed by atoms with Crippen molar-refractivity contribution in [2.24, 2.45) is 23.7 Å². The summed E-state index contributed by atoms with van der Waals surface area (Å²) in [5.74, 6) is 0.840. The minimum atomic E-state index is -4.95. The van der Waals surface area contributed by atoms with Crippen molar-refractivity contribution < 1.29 is 80.2 Å². The summed E-state index contributed by atoms with van der Waals surface area (Å²) in [6.45, 7) is 14.1. The molecule has 0 spiro atoms. The molecule has 0 saturated heterocycles. The second kappa shape index (κ2) is 61.6. The van der Waals surface area contributed by atoms with Gasteiger partial charge in [0, 0.05) is 25.7 Å². The van der Waals surface area contributed by atoms with Gasteiger partial charge in [0.2, 0.25) is 0 Å². The zero-order chi connectivity index (χ0) is 67.5. The van der Waals surface area contributed by atoms with E-state index in [0.717, 1.165) is 114 Å². The summed E-state index contributed by atoms with van der Waals surface area (Å²) in [7, 11) is -9.90. The number of hydrogen-bond donors (Lipinski definition) is 3. The molecule has 0 amide bonds. The standard InChI is InChI=1S/C72H140O17P2/c1-9-65(8)51-43-35-29-31-39-47-55-72(77)89-68(59-83-70(75)53-45-37-30-28-34-42-50-64(6)7)61-87-91(80,81)85-57-66(73)56-84-90(78,79)86-60-67(88-71(76)54-46-38-27-23-19-15-17-21-25-33-41-49-63(4)5)58-82-69(74)52-44-36-26-22-18-14-12-10-11-13-16-20-24-32-40-48-62(2)3/h62-68,73H,9-61H2,1-8H3,(H,78,79)(H,80,81)/t65?,66-,67-,68-/m1/s1. The Balaban J connectivity index is 5.21. The highest BCUT2D eigenvalue weighted by molar-refractivity contribution is 7.47. The van der Waals surface area contributed by atoms with Gasteiger partial charge < -0.3 is 33.8 Å². The first-order chi connectivity index (χ1) is 43.6. The summed E-state index contributed by atoms with van der Waals surface area (Å²) in [6, 6.07) is 0. The molecule has 0 saturated carbocycles. The van der Waals surface area contributed by atoms with Crippen LogP contribution in [0.15, 0.2) is 0 Å². The lowest BCUT2D eigenvalue weighted by molar-refractivity contribution is -0.161. The molecule has 6 atom stereocenters. The molecule has 0 fully saturated rings. The summed E-state index contributed by atoms with van der Waals surface area (Å²) in [5.41, 5.74) is 0. The topological polar surface area (TPSA) is 237 Å². The summed E-state index contributed by atoms with van der Waals surface area (Å²) >= 11 is 0. The monoisotopic (exact) mass is 1340 g/mol. The van der Waals surface area contributed by atoms with Crippen molar-refractivity contribution in [2.75, 3.05) is 39.6 Å². The van der Waals surface area contributed by atoms with Crippen molar-refractivity contribution in [1.29, 1.82) is 0 Å². The molecule has 17 nitrogen and oxygen atoms in total. The number of ether oxygens (including phenoxy) is 4. The third-order valence-electron chi connectivity index (χ3n) is 16.9. The number of esters is 4. The molecular weight excluding hydrogens is 1200 g/mol. The fourth-order valence-electron chi connectivity index (χ4n) is 10.8. The zero-order valence-corrected chi connectivity index (χ0v) is 61.3. The van der Waals surface area contributed by atoms with Crippen LogP contribution in [0.5, 0.6) is 0 Å². The third kappa shape index (κ3) is 65.1. The van der Waals surface area contributed by atoms with Gasteiger partial charge in [-0.2, -0.15) is 0 Å². The minimum absolute atomic E-state index is 0.101. The first-order valence-electron chi connectivity index (χ1n) is 37.2. The number of carbonyl (C=O) groups is 4. The van der Waals surface area contributed by atoms with Crippen LogP contribution in [0.2, 0.25) is 0 Å².